The van der Waals surface area contributed by atoms with Gasteiger partial charge in [-0.15, -0.1) is 0 Å². The van der Waals surface area contributed by atoms with Gasteiger partial charge in [-0.3, -0.25) is 9.97 Å². The minimum absolute atomic E-state index is 0.913. The fraction of sp³-hybridized carbons (Fsp3) is 0. The Balaban J connectivity index is 0.860. The summed E-state index contributed by atoms with van der Waals surface area (Å²) in [6.45, 7) is 0. The first kappa shape index (κ1) is 41.0. The normalized spacial score (nSPS) is 11.4. The van der Waals surface area contributed by atoms with Crippen molar-refractivity contribution in [1.29, 1.82) is 0 Å². The molecule has 11 aromatic carbocycles. The molecule has 0 fully saturated rings. The SMILES string of the molecule is c1ccc(-c2cccc(-c3ccc4ccc5c(-c6cccc(-c7cccc(-c8ccccc8-c8ccccc8-c8ccccc8-c8ccnc9c8ccc8cccnc89)c7)c6)cccc5c4c3)c2)cc1. The summed E-state index contributed by atoms with van der Waals surface area (Å²) in [7, 11) is 0. The molecule has 0 bridgehead atoms. The summed E-state index contributed by atoms with van der Waals surface area (Å²) in [5.74, 6) is 0. The third-order valence-corrected chi connectivity index (χ3v) is 14.0. The highest BCUT2D eigenvalue weighted by Crippen LogP contribution is 2.44. The molecule has 0 N–H and O–H groups in total. The summed E-state index contributed by atoms with van der Waals surface area (Å²) in [4.78, 5) is 9.57. The van der Waals surface area contributed by atoms with Crippen LogP contribution in [0.4, 0.5) is 0 Å². The number of hydrogen-bond donors (Lipinski definition) is 0. The molecule has 0 radical (unpaired) electrons. The number of fused-ring (bicyclic) bond motifs is 6. The second-order valence-electron chi connectivity index (χ2n) is 18.0. The van der Waals surface area contributed by atoms with E-state index in [9.17, 15) is 0 Å². The predicted octanol–water partition coefficient (Wildman–Crippen LogP) is 18.4. The molecule has 0 aliphatic rings. The van der Waals surface area contributed by atoms with Gasteiger partial charge in [0.1, 0.15) is 0 Å². The number of hydrogen-bond acceptors (Lipinski definition) is 2. The quantitative estimate of drug-likeness (QED) is 0.142. The average Bonchev–Trinajstić information content (AvgIpc) is 3.45. The molecule has 70 heavy (non-hydrogen) atoms. The lowest BCUT2D eigenvalue weighted by atomic mass is 9.86. The van der Waals surface area contributed by atoms with Gasteiger partial charge in [0.2, 0.25) is 0 Å². The summed E-state index contributed by atoms with van der Waals surface area (Å²) < 4.78 is 0. The lowest BCUT2D eigenvalue weighted by Crippen LogP contribution is -1.93. The van der Waals surface area contributed by atoms with Gasteiger partial charge in [-0.25, -0.2) is 0 Å². The minimum Gasteiger partial charge on any atom is -0.254 e. The topological polar surface area (TPSA) is 25.8 Å². The molecule has 0 spiro atoms. The van der Waals surface area contributed by atoms with Gasteiger partial charge in [0.15, 0.2) is 0 Å². The lowest BCUT2D eigenvalue weighted by Gasteiger charge is -2.18. The third kappa shape index (κ3) is 7.31. The molecule has 0 atom stereocenters. The number of benzene rings is 11. The molecule has 2 heterocycles. The third-order valence-electron chi connectivity index (χ3n) is 14.0. The first-order chi connectivity index (χ1) is 34.7. The van der Waals surface area contributed by atoms with Crippen LogP contribution in [0.15, 0.2) is 267 Å². The van der Waals surface area contributed by atoms with E-state index in [4.69, 9.17) is 9.97 Å². The molecular weight excluding hydrogens is 845 g/mol. The number of pyridine rings is 2. The first-order valence-electron chi connectivity index (χ1n) is 24.0. The second-order valence-corrected chi connectivity index (χ2v) is 18.0. The first-order valence-corrected chi connectivity index (χ1v) is 24.0. The van der Waals surface area contributed by atoms with Gasteiger partial charge in [-0.2, -0.15) is 0 Å². The zero-order chi connectivity index (χ0) is 46.4. The molecule has 326 valence electrons. The van der Waals surface area contributed by atoms with E-state index in [1.165, 1.54) is 99.4 Å². The monoisotopic (exact) mass is 888 g/mol. The Bertz CT molecular complexity index is 4130. The van der Waals surface area contributed by atoms with Gasteiger partial charge in [-0.1, -0.05) is 218 Å². The maximum Gasteiger partial charge on any atom is 0.0970 e. The predicted molar refractivity (Wildman–Crippen MR) is 296 cm³/mol. The van der Waals surface area contributed by atoms with Gasteiger partial charge in [0, 0.05) is 23.2 Å². The molecule has 0 aliphatic carbocycles. The van der Waals surface area contributed by atoms with Crippen LogP contribution >= 0.6 is 0 Å². The van der Waals surface area contributed by atoms with Gasteiger partial charge < -0.3 is 0 Å². The number of rotatable bonds is 8. The standard InChI is InChI=1S/C68H44N2/c1-2-15-45(16-3-1)48-17-10-18-49(41-48)52-33-32-46-34-36-63-56(30-13-31-62(63)66(46)44-52)54-22-12-20-51(43-54)50-19-11-21-53(42-50)55-24-4-5-25-57(55)58-26-6-7-27-59(58)60-28-8-9-29-61(60)64-38-40-70-68-65(64)37-35-47-23-14-39-69-67(47)68/h1-44H. The van der Waals surface area contributed by atoms with Crippen LogP contribution in [0.1, 0.15) is 0 Å². The van der Waals surface area contributed by atoms with Gasteiger partial charge in [0.05, 0.1) is 11.0 Å². The van der Waals surface area contributed by atoms with E-state index < -0.39 is 0 Å². The Kier molecular flexibility index (Phi) is 10.2. The van der Waals surface area contributed by atoms with Crippen LogP contribution < -0.4 is 0 Å². The highest BCUT2D eigenvalue weighted by atomic mass is 14.7. The highest BCUT2D eigenvalue weighted by molar-refractivity contribution is 6.13. The summed E-state index contributed by atoms with van der Waals surface area (Å²) in [6.07, 6.45) is 3.76. The molecule has 0 amide bonds. The Morgan fingerprint density at radius 1 is 0.186 bits per heavy atom. The number of nitrogens with zero attached hydrogens (tertiary/aromatic N) is 2. The van der Waals surface area contributed by atoms with Crippen molar-refractivity contribution in [3.63, 3.8) is 0 Å². The molecular formula is C68H44N2. The Morgan fingerprint density at radius 3 is 1.33 bits per heavy atom. The van der Waals surface area contributed by atoms with Crippen LogP contribution in [0.5, 0.6) is 0 Å². The molecule has 0 saturated heterocycles. The van der Waals surface area contributed by atoms with Gasteiger partial charge >= 0.3 is 0 Å². The van der Waals surface area contributed by atoms with Crippen molar-refractivity contribution in [2.45, 2.75) is 0 Å². The molecule has 0 saturated carbocycles. The zero-order valence-corrected chi connectivity index (χ0v) is 38.3. The second kappa shape index (κ2) is 17.4. The van der Waals surface area contributed by atoms with Crippen molar-refractivity contribution in [2.75, 3.05) is 0 Å². The summed E-state index contributed by atoms with van der Waals surface area (Å²) in [5, 5.41) is 7.16. The molecule has 13 rings (SSSR count). The van der Waals surface area contributed by atoms with Crippen molar-refractivity contribution < 1.29 is 0 Å². The summed E-state index contributed by atoms with van der Waals surface area (Å²) in [5.41, 5.74) is 20.8. The van der Waals surface area contributed by atoms with E-state index in [2.05, 4.69) is 249 Å². The molecule has 13 aromatic rings. The molecule has 0 aliphatic heterocycles. The Labute approximate surface area is 407 Å². The van der Waals surface area contributed by atoms with E-state index in [1.807, 2.05) is 18.5 Å². The molecule has 2 aromatic heterocycles. The van der Waals surface area contributed by atoms with Crippen LogP contribution in [0.25, 0.3) is 132 Å². The van der Waals surface area contributed by atoms with Crippen LogP contribution in [0.3, 0.4) is 0 Å². The fourth-order valence-electron chi connectivity index (χ4n) is 10.6. The van der Waals surface area contributed by atoms with Crippen LogP contribution in [0.2, 0.25) is 0 Å². The summed E-state index contributed by atoms with van der Waals surface area (Å²) in [6, 6.07) is 92.7. The number of aromatic nitrogens is 2. The summed E-state index contributed by atoms with van der Waals surface area (Å²) >= 11 is 0. The van der Waals surface area contributed by atoms with E-state index in [1.54, 1.807) is 0 Å². The van der Waals surface area contributed by atoms with Crippen LogP contribution in [-0.4, -0.2) is 9.97 Å². The van der Waals surface area contributed by atoms with Crippen molar-refractivity contribution in [1.82, 2.24) is 9.97 Å². The smallest absolute Gasteiger partial charge is 0.0970 e. The highest BCUT2D eigenvalue weighted by Gasteiger charge is 2.18. The van der Waals surface area contributed by atoms with Gasteiger partial charge in [-0.05, 0) is 147 Å². The van der Waals surface area contributed by atoms with Crippen molar-refractivity contribution >= 4 is 43.4 Å². The van der Waals surface area contributed by atoms with E-state index >= 15 is 0 Å². The fourth-order valence-corrected chi connectivity index (χ4v) is 10.6. The molecule has 0 unspecified atom stereocenters. The maximum absolute atomic E-state index is 4.84. The Hall–Kier alpha value is -9.24. The van der Waals surface area contributed by atoms with Crippen LogP contribution in [0, 0.1) is 0 Å². The maximum atomic E-state index is 4.84. The average molecular weight is 889 g/mol. The molecule has 2 heteroatoms. The minimum atomic E-state index is 0.913. The van der Waals surface area contributed by atoms with Gasteiger partial charge in [0.25, 0.3) is 0 Å². The van der Waals surface area contributed by atoms with Crippen molar-refractivity contribution in [3.05, 3.63) is 267 Å². The van der Waals surface area contributed by atoms with E-state index in [0.29, 0.717) is 0 Å². The largest absolute Gasteiger partial charge is 0.254 e. The van der Waals surface area contributed by atoms with Crippen molar-refractivity contribution in [3.8, 4) is 89.0 Å². The zero-order valence-electron chi connectivity index (χ0n) is 38.3. The Morgan fingerprint density at radius 2 is 0.643 bits per heavy atom. The molecule has 2 nitrogen and oxygen atoms in total. The van der Waals surface area contributed by atoms with Crippen LogP contribution in [-0.2, 0) is 0 Å². The van der Waals surface area contributed by atoms with Crippen molar-refractivity contribution in [2.24, 2.45) is 0 Å². The van der Waals surface area contributed by atoms with E-state index in [0.717, 1.165) is 32.9 Å². The lowest BCUT2D eigenvalue weighted by molar-refractivity contribution is 1.37. The van der Waals surface area contributed by atoms with E-state index in [-0.39, 0.29) is 0 Å².